The van der Waals surface area contributed by atoms with Crippen LogP contribution in [0.5, 0.6) is 0 Å². The van der Waals surface area contributed by atoms with Gasteiger partial charge in [-0.2, -0.15) is 13.2 Å². The smallest absolute Gasteiger partial charge is 0.336 e. The van der Waals surface area contributed by atoms with Crippen molar-refractivity contribution in [3.05, 3.63) is 65.2 Å². The maximum atomic E-state index is 12.9. The van der Waals surface area contributed by atoms with Crippen molar-refractivity contribution in [1.29, 1.82) is 0 Å². The lowest BCUT2D eigenvalue weighted by Gasteiger charge is -2.35. The molecule has 0 aromatic heterocycles. The van der Waals surface area contributed by atoms with Crippen molar-refractivity contribution in [3.8, 4) is 0 Å². The van der Waals surface area contributed by atoms with Gasteiger partial charge in [-0.25, -0.2) is 13.1 Å². The third kappa shape index (κ3) is 6.08. The number of piperazine rings is 1. The number of hydrogen-bond acceptors (Lipinski definition) is 4. The summed E-state index contributed by atoms with van der Waals surface area (Å²) in [5.41, 5.74) is 0.394. The van der Waals surface area contributed by atoms with Gasteiger partial charge in [0.05, 0.1) is 10.5 Å². The standard InChI is InChI=1S/C22H26F3N3O3S/c1-16(2)26-32(30,31)20-5-3-4-18(14-20)21(29)28-12-10-27(11-13-28)15-17-6-8-19(9-7-17)22(23,24)25/h3-9,14,16,26H,10-13,15H2,1-2H3. The lowest BCUT2D eigenvalue weighted by molar-refractivity contribution is -0.137. The highest BCUT2D eigenvalue weighted by atomic mass is 32.2. The van der Waals surface area contributed by atoms with Crippen LogP contribution < -0.4 is 4.72 Å². The average Bonchev–Trinajstić information content (AvgIpc) is 2.73. The van der Waals surface area contributed by atoms with Gasteiger partial charge in [0.15, 0.2) is 0 Å². The van der Waals surface area contributed by atoms with Crippen LogP contribution in [0.4, 0.5) is 13.2 Å². The van der Waals surface area contributed by atoms with Crippen LogP contribution in [-0.2, 0) is 22.7 Å². The van der Waals surface area contributed by atoms with Crippen LogP contribution in [-0.4, -0.2) is 56.3 Å². The van der Waals surface area contributed by atoms with E-state index in [1.807, 2.05) is 0 Å². The third-order valence-electron chi connectivity index (χ3n) is 5.13. The van der Waals surface area contributed by atoms with Gasteiger partial charge in [-0.05, 0) is 49.7 Å². The van der Waals surface area contributed by atoms with Gasteiger partial charge in [0.1, 0.15) is 0 Å². The van der Waals surface area contributed by atoms with E-state index in [0.717, 1.165) is 17.7 Å². The Morgan fingerprint density at radius 1 is 1.03 bits per heavy atom. The lowest BCUT2D eigenvalue weighted by Crippen LogP contribution is -2.48. The summed E-state index contributed by atoms with van der Waals surface area (Å²) >= 11 is 0. The van der Waals surface area contributed by atoms with E-state index in [1.165, 1.54) is 24.3 Å². The number of benzene rings is 2. The fourth-order valence-electron chi connectivity index (χ4n) is 3.52. The van der Waals surface area contributed by atoms with Gasteiger partial charge < -0.3 is 4.90 Å². The summed E-state index contributed by atoms with van der Waals surface area (Å²) in [5.74, 6) is -0.249. The molecule has 0 aliphatic carbocycles. The number of hydrogen-bond donors (Lipinski definition) is 1. The Balaban J connectivity index is 1.59. The molecule has 0 saturated carbocycles. The lowest BCUT2D eigenvalue weighted by atomic mass is 10.1. The molecule has 0 radical (unpaired) electrons. The van der Waals surface area contributed by atoms with Crippen LogP contribution >= 0.6 is 0 Å². The van der Waals surface area contributed by atoms with E-state index in [1.54, 1.807) is 30.9 Å². The first-order valence-corrected chi connectivity index (χ1v) is 11.7. The summed E-state index contributed by atoms with van der Waals surface area (Å²) in [7, 11) is -3.70. The molecule has 1 aliphatic rings. The van der Waals surface area contributed by atoms with E-state index in [-0.39, 0.29) is 16.8 Å². The highest BCUT2D eigenvalue weighted by Crippen LogP contribution is 2.29. The Labute approximate surface area is 186 Å². The molecule has 10 heteroatoms. The highest BCUT2D eigenvalue weighted by Gasteiger charge is 2.30. The van der Waals surface area contributed by atoms with E-state index in [4.69, 9.17) is 0 Å². The number of nitrogens with one attached hydrogen (secondary N) is 1. The zero-order valence-electron chi connectivity index (χ0n) is 17.9. The summed E-state index contributed by atoms with van der Waals surface area (Å²) in [6.07, 6.45) is -4.36. The van der Waals surface area contributed by atoms with Gasteiger partial charge >= 0.3 is 6.18 Å². The zero-order valence-corrected chi connectivity index (χ0v) is 18.7. The number of amides is 1. The van der Waals surface area contributed by atoms with Crippen molar-refractivity contribution in [1.82, 2.24) is 14.5 Å². The molecular formula is C22H26F3N3O3S. The fraction of sp³-hybridized carbons (Fsp3) is 0.409. The quantitative estimate of drug-likeness (QED) is 0.705. The second kappa shape index (κ2) is 9.60. The van der Waals surface area contributed by atoms with E-state index in [9.17, 15) is 26.4 Å². The van der Waals surface area contributed by atoms with Crippen molar-refractivity contribution in [2.45, 2.75) is 37.5 Å². The SMILES string of the molecule is CC(C)NS(=O)(=O)c1cccc(C(=O)N2CCN(Cc3ccc(C(F)(F)F)cc3)CC2)c1. The molecule has 1 fully saturated rings. The average molecular weight is 470 g/mol. The van der Waals surface area contributed by atoms with Crippen molar-refractivity contribution < 1.29 is 26.4 Å². The normalized spacial score (nSPS) is 15.9. The van der Waals surface area contributed by atoms with Crippen molar-refractivity contribution in [2.24, 2.45) is 0 Å². The van der Waals surface area contributed by atoms with Crippen molar-refractivity contribution >= 4 is 15.9 Å². The Morgan fingerprint density at radius 2 is 1.66 bits per heavy atom. The molecular weight excluding hydrogens is 443 g/mol. The number of nitrogens with zero attached hydrogens (tertiary/aromatic N) is 2. The molecule has 1 N–H and O–H groups in total. The number of halogens is 3. The van der Waals surface area contributed by atoms with Crippen LogP contribution in [0, 0.1) is 0 Å². The largest absolute Gasteiger partial charge is 0.416 e. The minimum Gasteiger partial charge on any atom is -0.336 e. The Kier molecular flexibility index (Phi) is 7.26. The monoisotopic (exact) mass is 469 g/mol. The number of sulfonamides is 1. The zero-order chi connectivity index (χ0) is 23.5. The minimum absolute atomic E-state index is 0.0398. The molecule has 0 bridgehead atoms. The molecule has 0 unspecified atom stereocenters. The third-order valence-corrected chi connectivity index (χ3v) is 6.79. The van der Waals surface area contributed by atoms with E-state index >= 15 is 0 Å². The van der Waals surface area contributed by atoms with E-state index in [2.05, 4.69) is 9.62 Å². The molecule has 1 saturated heterocycles. The molecule has 32 heavy (non-hydrogen) atoms. The molecule has 0 spiro atoms. The fourth-order valence-corrected chi connectivity index (χ4v) is 4.82. The number of carbonyl (C=O) groups is 1. The second-order valence-corrected chi connectivity index (χ2v) is 9.78. The molecule has 2 aromatic rings. The van der Waals surface area contributed by atoms with Gasteiger partial charge in [0.25, 0.3) is 5.91 Å². The number of carbonyl (C=O) groups excluding carboxylic acids is 1. The number of alkyl halides is 3. The predicted molar refractivity (Wildman–Crippen MR) is 115 cm³/mol. The van der Waals surface area contributed by atoms with Crippen LogP contribution in [0.15, 0.2) is 53.4 Å². The van der Waals surface area contributed by atoms with Crippen LogP contribution in [0.3, 0.4) is 0 Å². The number of rotatable bonds is 6. The van der Waals surface area contributed by atoms with Gasteiger partial charge in [-0.15, -0.1) is 0 Å². The maximum absolute atomic E-state index is 12.9. The second-order valence-electron chi connectivity index (χ2n) is 8.07. The molecule has 174 valence electrons. The first-order chi connectivity index (χ1) is 15.0. The molecule has 1 amide bonds. The van der Waals surface area contributed by atoms with Crippen LogP contribution in [0.1, 0.15) is 35.3 Å². The molecule has 1 aliphatic heterocycles. The van der Waals surface area contributed by atoms with Crippen LogP contribution in [0.25, 0.3) is 0 Å². The summed E-state index contributed by atoms with van der Waals surface area (Å²) < 4.78 is 65.4. The molecule has 0 atom stereocenters. The first kappa shape index (κ1) is 24.2. The first-order valence-electron chi connectivity index (χ1n) is 10.3. The Hall–Kier alpha value is -2.43. The molecule has 6 nitrogen and oxygen atoms in total. The maximum Gasteiger partial charge on any atom is 0.416 e. The summed E-state index contributed by atoms with van der Waals surface area (Å²) in [6.45, 7) is 5.96. The summed E-state index contributed by atoms with van der Waals surface area (Å²) in [5, 5.41) is 0. The van der Waals surface area contributed by atoms with Gasteiger partial charge in [-0.3, -0.25) is 9.69 Å². The van der Waals surface area contributed by atoms with Gasteiger partial charge in [0, 0.05) is 44.3 Å². The van der Waals surface area contributed by atoms with E-state index in [0.29, 0.717) is 38.3 Å². The Bertz CT molecular complexity index is 1050. The summed E-state index contributed by atoms with van der Waals surface area (Å²) in [4.78, 5) is 16.6. The molecule has 3 rings (SSSR count). The summed E-state index contributed by atoms with van der Waals surface area (Å²) in [6, 6.07) is 10.8. The highest BCUT2D eigenvalue weighted by molar-refractivity contribution is 7.89. The molecule has 1 heterocycles. The van der Waals surface area contributed by atoms with Gasteiger partial charge in [-0.1, -0.05) is 18.2 Å². The van der Waals surface area contributed by atoms with Gasteiger partial charge in [0.2, 0.25) is 10.0 Å². The Morgan fingerprint density at radius 3 is 2.22 bits per heavy atom. The van der Waals surface area contributed by atoms with E-state index < -0.39 is 21.8 Å². The molecule has 2 aromatic carbocycles. The predicted octanol–water partition coefficient (Wildman–Crippen LogP) is 3.35. The van der Waals surface area contributed by atoms with Crippen molar-refractivity contribution in [2.75, 3.05) is 26.2 Å². The van der Waals surface area contributed by atoms with Crippen molar-refractivity contribution in [3.63, 3.8) is 0 Å². The van der Waals surface area contributed by atoms with Crippen LogP contribution in [0.2, 0.25) is 0 Å². The topological polar surface area (TPSA) is 69.7 Å². The minimum atomic E-state index is -4.36.